The zero-order chi connectivity index (χ0) is 21.6. The van der Waals surface area contributed by atoms with E-state index in [0.29, 0.717) is 29.3 Å². The van der Waals surface area contributed by atoms with E-state index in [4.69, 9.17) is 4.74 Å². The maximum Gasteiger partial charge on any atom is 0.336 e. The number of nitrogens with one attached hydrogen (secondary N) is 1. The van der Waals surface area contributed by atoms with E-state index in [1.54, 1.807) is 26.0 Å². The molecular weight excluding hydrogens is 375 g/mol. The second kappa shape index (κ2) is 10.2. The molecule has 0 saturated heterocycles. The first-order valence-corrected chi connectivity index (χ1v) is 9.95. The third-order valence-corrected chi connectivity index (χ3v) is 4.94. The zero-order valence-electron chi connectivity index (χ0n) is 17.5. The molecule has 1 aromatic rings. The van der Waals surface area contributed by atoms with Crippen molar-refractivity contribution in [2.24, 2.45) is 5.92 Å². The topological polar surface area (TPSA) is 75.7 Å². The van der Waals surface area contributed by atoms with Crippen LogP contribution in [0, 0.1) is 11.7 Å². The minimum Gasteiger partial charge on any atom is -0.463 e. The molecule has 0 aromatic heterocycles. The Balaban J connectivity index is 2.29. The van der Waals surface area contributed by atoms with Crippen LogP contribution in [0.5, 0.6) is 0 Å². The van der Waals surface area contributed by atoms with Crippen LogP contribution in [0.25, 0.3) is 0 Å². The smallest absolute Gasteiger partial charge is 0.336 e. The van der Waals surface area contributed by atoms with Crippen LogP contribution in [0.3, 0.4) is 0 Å². The highest BCUT2D eigenvalue weighted by Gasteiger charge is 2.37. The number of esters is 1. The lowest BCUT2D eigenvalue weighted by Gasteiger charge is -2.34. The number of carbonyl (C=O) groups excluding carboxylic acids is 3. The Bertz CT molecular complexity index is 787. The fourth-order valence-corrected chi connectivity index (χ4v) is 3.36. The molecule has 6 nitrogen and oxygen atoms in total. The van der Waals surface area contributed by atoms with Crippen molar-refractivity contribution < 1.29 is 23.5 Å². The van der Waals surface area contributed by atoms with E-state index in [9.17, 15) is 18.8 Å². The molecule has 0 spiro atoms. The number of hydrogen-bond acceptors (Lipinski definition) is 4. The van der Waals surface area contributed by atoms with Crippen LogP contribution in [-0.2, 0) is 19.1 Å². The van der Waals surface area contributed by atoms with E-state index < -0.39 is 17.7 Å². The summed E-state index contributed by atoms with van der Waals surface area (Å²) in [5.74, 6) is -1.54. The number of ether oxygens (including phenoxy) is 1. The second-order valence-corrected chi connectivity index (χ2v) is 7.54. The summed E-state index contributed by atoms with van der Waals surface area (Å²) in [6.45, 7) is 8.04. The predicted molar refractivity (Wildman–Crippen MR) is 107 cm³/mol. The summed E-state index contributed by atoms with van der Waals surface area (Å²) in [6, 6.07) is 5.72. The summed E-state index contributed by atoms with van der Waals surface area (Å²) in [4.78, 5) is 39.1. The Morgan fingerprint density at radius 3 is 2.52 bits per heavy atom. The summed E-state index contributed by atoms with van der Waals surface area (Å²) >= 11 is 0. The van der Waals surface area contributed by atoms with Gasteiger partial charge in [-0.15, -0.1) is 0 Å². The lowest BCUT2D eigenvalue weighted by atomic mass is 9.83. The molecule has 158 valence electrons. The predicted octanol–water partition coefficient (Wildman–Crippen LogP) is 3.14. The number of nitrogens with zero attached hydrogens (tertiary/aromatic N) is 1. The van der Waals surface area contributed by atoms with Gasteiger partial charge < -0.3 is 15.0 Å². The first kappa shape index (κ1) is 22.6. The lowest BCUT2D eigenvalue weighted by Crippen LogP contribution is -2.44. The van der Waals surface area contributed by atoms with E-state index in [0.717, 1.165) is 6.42 Å². The fourth-order valence-electron chi connectivity index (χ4n) is 3.36. The molecular formula is C22H29FN2O4. The molecule has 0 radical (unpaired) electrons. The Hall–Kier alpha value is -2.70. The largest absolute Gasteiger partial charge is 0.463 e. The molecule has 0 bridgehead atoms. The molecule has 1 aliphatic heterocycles. The summed E-state index contributed by atoms with van der Waals surface area (Å²) < 4.78 is 18.5. The van der Waals surface area contributed by atoms with Crippen LogP contribution >= 0.6 is 0 Å². The van der Waals surface area contributed by atoms with Crippen LogP contribution in [-0.4, -0.2) is 42.4 Å². The zero-order valence-corrected chi connectivity index (χ0v) is 17.5. The number of allylic oxidation sites excluding steroid dienone is 1. The number of halogens is 1. The number of carbonyl (C=O) groups is 3. The van der Waals surface area contributed by atoms with Crippen molar-refractivity contribution in [2.45, 2.75) is 46.5 Å². The average molecular weight is 404 g/mol. The van der Waals surface area contributed by atoms with E-state index in [2.05, 4.69) is 19.2 Å². The van der Waals surface area contributed by atoms with Gasteiger partial charge in [0.05, 0.1) is 12.2 Å². The highest BCUT2D eigenvalue weighted by atomic mass is 19.1. The van der Waals surface area contributed by atoms with Gasteiger partial charge in [-0.1, -0.05) is 26.0 Å². The molecule has 1 aliphatic rings. The number of rotatable bonds is 8. The van der Waals surface area contributed by atoms with Gasteiger partial charge >= 0.3 is 5.97 Å². The summed E-state index contributed by atoms with van der Waals surface area (Å²) in [5, 5.41) is 2.81. The van der Waals surface area contributed by atoms with E-state index in [1.807, 2.05) is 0 Å². The van der Waals surface area contributed by atoms with Crippen LogP contribution in [0.15, 0.2) is 35.5 Å². The average Bonchev–Trinajstić information content (AvgIpc) is 2.65. The molecule has 1 heterocycles. The number of hydrogen-bond donors (Lipinski definition) is 1. The van der Waals surface area contributed by atoms with Gasteiger partial charge in [0.2, 0.25) is 11.8 Å². The van der Waals surface area contributed by atoms with E-state index in [-0.39, 0.29) is 31.4 Å². The monoisotopic (exact) mass is 404 g/mol. The van der Waals surface area contributed by atoms with Crippen molar-refractivity contribution in [3.63, 3.8) is 0 Å². The molecule has 1 N–H and O–H groups in total. The molecule has 7 heteroatoms. The summed E-state index contributed by atoms with van der Waals surface area (Å²) in [7, 11) is 0. The highest BCUT2D eigenvalue weighted by molar-refractivity contribution is 5.97. The maximum atomic E-state index is 13.3. The second-order valence-electron chi connectivity index (χ2n) is 7.54. The minimum atomic E-state index is -0.539. The lowest BCUT2D eigenvalue weighted by molar-refractivity contribution is -0.141. The van der Waals surface area contributed by atoms with Gasteiger partial charge in [-0.3, -0.25) is 9.59 Å². The van der Waals surface area contributed by atoms with E-state index in [1.165, 1.54) is 17.0 Å². The van der Waals surface area contributed by atoms with Crippen LogP contribution in [0.2, 0.25) is 0 Å². The summed E-state index contributed by atoms with van der Waals surface area (Å²) in [6.07, 6.45) is 0.853. The molecule has 2 rings (SSSR count). The minimum absolute atomic E-state index is 0.0103. The van der Waals surface area contributed by atoms with Crippen molar-refractivity contribution >= 4 is 17.8 Å². The van der Waals surface area contributed by atoms with Crippen molar-refractivity contribution in [3.05, 3.63) is 46.9 Å². The fraction of sp³-hybridized carbons (Fsp3) is 0.500. The molecule has 1 aromatic carbocycles. The third-order valence-electron chi connectivity index (χ3n) is 4.94. The number of amides is 2. The van der Waals surface area contributed by atoms with Crippen molar-refractivity contribution in [1.29, 1.82) is 0 Å². The van der Waals surface area contributed by atoms with Gasteiger partial charge in [-0.05, 0) is 43.9 Å². The molecule has 0 unspecified atom stereocenters. The first-order valence-electron chi connectivity index (χ1n) is 9.95. The SMILES string of the molecule is CCOC(=O)C1=C(C)N(CC(=O)NCCC(C)C)C(=O)C[C@H]1c1ccc(F)cc1. The quantitative estimate of drug-likeness (QED) is 0.676. The Labute approximate surface area is 171 Å². The van der Waals surface area contributed by atoms with Crippen molar-refractivity contribution in [2.75, 3.05) is 19.7 Å². The normalized spacial score (nSPS) is 17.0. The molecule has 2 amide bonds. The van der Waals surface area contributed by atoms with Gasteiger partial charge in [0, 0.05) is 24.6 Å². The van der Waals surface area contributed by atoms with Crippen LogP contribution < -0.4 is 5.32 Å². The van der Waals surface area contributed by atoms with Gasteiger partial charge in [0.1, 0.15) is 12.4 Å². The van der Waals surface area contributed by atoms with E-state index >= 15 is 0 Å². The van der Waals surface area contributed by atoms with Crippen LogP contribution in [0.4, 0.5) is 4.39 Å². The van der Waals surface area contributed by atoms with Gasteiger partial charge in [-0.25, -0.2) is 9.18 Å². The molecule has 0 aliphatic carbocycles. The molecule has 0 fully saturated rings. The van der Waals surface area contributed by atoms with Gasteiger partial charge in [0.15, 0.2) is 0 Å². The van der Waals surface area contributed by atoms with Crippen molar-refractivity contribution in [1.82, 2.24) is 10.2 Å². The Morgan fingerprint density at radius 1 is 1.28 bits per heavy atom. The third kappa shape index (κ3) is 5.89. The van der Waals surface area contributed by atoms with Crippen LogP contribution in [0.1, 0.15) is 52.0 Å². The molecule has 0 saturated carbocycles. The van der Waals surface area contributed by atoms with Gasteiger partial charge in [-0.2, -0.15) is 0 Å². The standard InChI is InChI=1S/C22H29FN2O4/c1-5-29-22(28)21-15(4)25(13-19(26)24-11-10-14(2)3)20(27)12-18(21)16-6-8-17(23)9-7-16/h6-9,14,18H,5,10-13H2,1-4H3,(H,24,26)/t18-/m0/s1. The summed E-state index contributed by atoms with van der Waals surface area (Å²) in [5.41, 5.74) is 1.38. The Morgan fingerprint density at radius 2 is 1.93 bits per heavy atom. The molecule has 1 atom stereocenters. The first-order chi connectivity index (χ1) is 13.7. The maximum absolute atomic E-state index is 13.3. The Kier molecular flexibility index (Phi) is 7.93. The van der Waals surface area contributed by atoms with Crippen molar-refractivity contribution in [3.8, 4) is 0 Å². The van der Waals surface area contributed by atoms with Gasteiger partial charge in [0.25, 0.3) is 0 Å². The molecule has 29 heavy (non-hydrogen) atoms. The number of benzene rings is 1. The highest BCUT2D eigenvalue weighted by Crippen LogP contribution is 2.37.